The number of phenols is 4. The van der Waals surface area contributed by atoms with Gasteiger partial charge in [-0.25, -0.2) is 0 Å². The van der Waals surface area contributed by atoms with Gasteiger partial charge in [0.15, 0.2) is 6.29 Å². The molecule has 0 fully saturated rings. The highest BCUT2D eigenvalue weighted by atomic mass is 16.3. The Morgan fingerprint density at radius 3 is 1.59 bits per heavy atom. The molecule has 4 N–H and O–H groups in total. The monoisotopic (exact) mass is 304 g/mol. The van der Waals surface area contributed by atoms with Crippen LogP contribution in [0.2, 0.25) is 0 Å². The maximum atomic E-state index is 10.3. The van der Waals surface area contributed by atoms with Crippen LogP contribution >= 0.6 is 0 Å². The first-order valence-corrected chi connectivity index (χ1v) is 6.25. The van der Waals surface area contributed by atoms with E-state index in [-0.39, 0.29) is 17.1 Å². The average Bonchev–Trinajstić information content (AvgIpc) is 2.44. The zero-order valence-corrected chi connectivity index (χ0v) is 12.1. The van der Waals surface area contributed by atoms with Gasteiger partial charge in [-0.15, -0.1) is 0 Å². The molecule has 0 aromatic heterocycles. The second-order valence-electron chi connectivity index (χ2n) is 4.64. The number of hydrogen-bond acceptors (Lipinski definition) is 6. The van der Waals surface area contributed by atoms with Crippen LogP contribution in [-0.4, -0.2) is 33.0 Å². The summed E-state index contributed by atoms with van der Waals surface area (Å²) in [4.78, 5) is 20.5. The second-order valence-corrected chi connectivity index (χ2v) is 4.64. The predicted molar refractivity (Wildman–Crippen MR) is 79.8 cm³/mol. The zero-order chi connectivity index (χ0) is 16.9. The Labute approximate surface area is 126 Å². The van der Waals surface area contributed by atoms with Crippen molar-refractivity contribution in [3.05, 3.63) is 46.5 Å². The molecule has 0 amide bonds. The third kappa shape index (κ3) is 3.99. The lowest BCUT2D eigenvalue weighted by Gasteiger charge is -2.02. The number of benzene rings is 2. The first-order chi connectivity index (χ1) is 10.3. The average molecular weight is 304 g/mol. The van der Waals surface area contributed by atoms with Gasteiger partial charge in [0.05, 0.1) is 5.56 Å². The van der Waals surface area contributed by atoms with E-state index in [1.165, 1.54) is 0 Å². The topological polar surface area (TPSA) is 115 Å². The summed E-state index contributed by atoms with van der Waals surface area (Å²) in [5, 5.41) is 35.9. The van der Waals surface area contributed by atoms with Crippen molar-refractivity contribution in [2.45, 2.75) is 13.8 Å². The van der Waals surface area contributed by atoms with Gasteiger partial charge in [0, 0.05) is 17.7 Å². The van der Waals surface area contributed by atoms with Gasteiger partial charge in [-0.1, -0.05) is 0 Å². The summed E-state index contributed by atoms with van der Waals surface area (Å²) < 4.78 is 0. The Morgan fingerprint density at radius 1 is 0.773 bits per heavy atom. The summed E-state index contributed by atoms with van der Waals surface area (Å²) in [5.41, 5.74) is 1.87. The van der Waals surface area contributed by atoms with Gasteiger partial charge in [0.25, 0.3) is 0 Å². The summed E-state index contributed by atoms with van der Waals surface area (Å²) >= 11 is 0. The number of rotatable bonds is 2. The molecule has 0 aliphatic heterocycles. The van der Waals surface area contributed by atoms with Crippen LogP contribution in [0.4, 0.5) is 0 Å². The highest BCUT2D eigenvalue weighted by molar-refractivity contribution is 5.83. The largest absolute Gasteiger partial charge is 0.508 e. The van der Waals surface area contributed by atoms with E-state index in [2.05, 4.69) is 0 Å². The molecule has 0 aliphatic carbocycles. The quantitative estimate of drug-likeness (QED) is 0.633. The number of aryl methyl sites for hydroxylation is 2. The molecule has 2 aromatic rings. The van der Waals surface area contributed by atoms with Crippen LogP contribution in [0.3, 0.4) is 0 Å². The lowest BCUT2D eigenvalue weighted by Crippen LogP contribution is -1.85. The van der Waals surface area contributed by atoms with Crippen molar-refractivity contribution in [1.29, 1.82) is 0 Å². The number of phenolic OH excluding ortho intramolecular Hbond substituents is 4. The molecule has 0 bridgehead atoms. The molecular weight excluding hydrogens is 288 g/mol. The van der Waals surface area contributed by atoms with Crippen molar-refractivity contribution in [3.8, 4) is 23.0 Å². The lowest BCUT2D eigenvalue weighted by molar-refractivity contribution is 0.111. The maximum Gasteiger partial charge on any atom is 0.157 e. The number of aromatic hydroxyl groups is 4. The Morgan fingerprint density at radius 2 is 1.23 bits per heavy atom. The molecule has 6 heteroatoms. The second kappa shape index (κ2) is 7.12. The standard InChI is InChI=1S/C9H10O2.C7H6O4/c1-6-3-8(5-10)4-7(2)9(6)11;8-3-5-6(10)1-4(9)2-7(5)11/h3-5,11H,1-2H3;1-3,9-11H. The van der Waals surface area contributed by atoms with E-state index in [1.807, 2.05) is 0 Å². The van der Waals surface area contributed by atoms with E-state index in [4.69, 9.17) is 15.3 Å². The molecule has 0 heterocycles. The Bertz CT molecular complexity index is 660. The summed E-state index contributed by atoms with van der Waals surface area (Å²) in [6, 6.07) is 5.28. The molecule has 0 spiro atoms. The molecule has 0 atom stereocenters. The molecular formula is C16H16O6. The number of carbonyl (C=O) groups excluding carboxylic acids is 2. The molecule has 2 aromatic carbocycles. The molecule has 0 radical (unpaired) electrons. The molecule has 0 unspecified atom stereocenters. The van der Waals surface area contributed by atoms with Crippen molar-refractivity contribution in [2.75, 3.05) is 0 Å². The van der Waals surface area contributed by atoms with Gasteiger partial charge < -0.3 is 20.4 Å². The maximum absolute atomic E-state index is 10.3. The van der Waals surface area contributed by atoms with E-state index >= 15 is 0 Å². The van der Waals surface area contributed by atoms with Crippen LogP contribution in [0, 0.1) is 13.8 Å². The molecule has 0 aliphatic rings. The predicted octanol–water partition coefficient (Wildman–Crippen LogP) is 2.44. The summed E-state index contributed by atoms with van der Waals surface area (Å²) in [7, 11) is 0. The Hall–Kier alpha value is -3.02. The molecule has 0 saturated heterocycles. The third-order valence-electron chi connectivity index (χ3n) is 2.89. The van der Waals surface area contributed by atoms with Crippen molar-refractivity contribution in [3.63, 3.8) is 0 Å². The van der Waals surface area contributed by atoms with Crippen molar-refractivity contribution in [2.24, 2.45) is 0 Å². The number of hydrogen-bond donors (Lipinski definition) is 4. The van der Waals surface area contributed by atoms with Crippen molar-refractivity contribution < 1.29 is 30.0 Å². The fraction of sp³-hybridized carbons (Fsp3) is 0.125. The van der Waals surface area contributed by atoms with Gasteiger partial charge in [-0.05, 0) is 37.1 Å². The summed E-state index contributed by atoms with van der Waals surface area (Å²) in [6.45, 7) is 3.55. The van der Waals surface area contributed by atoms with E-state index in [9.17, 15) is 14.7 Å². The summed E-state index contributed by atoms with van der Waals surface area (Å²) in [6.07, 6.45) is 1.09. The van der Waals surface area contributed by atoms with Crippen LogP contribution in [0.15, 0.2) is 24.3 Å². The minimum Gasteiger partial charge on any atom is -0.508 e. The fourth-order valence-electron chi connectivity index (χ4n) is 1.79. The zero-order valence-electron chi connectivity index (χ0n) is 12.1. The van der Waals surface area contributed by atoms with Crippen LogP contribution in [-0.2, 0) is 0 Å². The highest BCUT2D eigenvalue weighted by Crippen LogP contribution is 2.29. The smallest absolute Gasteiger partial charge is 0.157 e. The van der Waals surface area contributed by atoms with Gasteiger partial charge in [0.2, 0.25) is 0 Å². The first kappa shape index (κ1) is 17.0. The van der Waals surface area contributed by atoms with Crippen LogP contribution in [0.25, 0.3) is 0 Å². The highest BCUT2D eigenvalue weighted by Gasteiger charge is 2.07. The van der Waals surface area contributed by atoms with E-state index in [0.29, 0.717) is 11.8 Å². The number of carbonyl (C=O) groups is 2. The van der Waals surface area contributed by atoms with E-state index in [0.717, 1.165) is 29.5 Å². The van der Waals surface area contributed by atoms with E-state index in [1.54, 1.807) is 26.0 Å². The third-order valence-corrected chi connectivity index (χ3v) is 2.89. The first-order valence-electron chi connectivity index (χ1n) is 6.25. The van der Waals surface area contributed by atoms with Gasteiger partial charge in [-0.2, -0.15) is 0 Å². The van der Waals surface area contributed by atoms with Crippen LogP contribution in [0.1, 0.15) is 31.8 Å². The lowest BCUT2D eigenvalue weighted by atomic mass is 10.1. The molecule has 0 saturated carbocycles. The fourth-order valence-corrected chi connectivity index (χ4v) is 1.79. The van der Waals surface area contributed by atoms with E-state index < -0.39 is 11.5 Å². The summed E-state index contributed by atoms with van der Waals surface area (Å²) in [5.74, 6) is -0.879. The van der Waals surface area contributed by atoms with Crippen molar-refractivity contribution in [1.82, 2.24) is 0 Å². The van der Waals surface area contributed by atoms with Gasteiger partial charge >= 0.3 is 0 Å². The van der Waals surface area contributed by atoms with Gasteiger partial charge in [0.1, 0.15) is 29.3 Å². The molecule has 2 rings (SSSR count). The van der Waals surface area contributed by atoms with Gasteiger partial charge in [-0.3, -0.25) is 9.59 Å². The van der Waals surface area contributed by atoms with Crippen LogP contribution < -0.4 is 0 Å². The van der Waals surface area contributed by atoms with Crippen molar-refractivity contribution >= 4 is 12.6 Å². The Kier molecular flexibility index (Phi) is 5.51. The van der Waals surface area contributed by atoms with Crippen LogP contribution in [0.5, 0.6) is 23.0 Å². The molecule has 22 heavy (non-hydrogen) atoms. The molecule has 6 nitrogen and oxygen atoms in total. The molecule has 116 valence electrons. The minimum absolute atomic E-state index is 0.220. The SMILES string of the molecule is Cc1cc(C=O)cc(C)c1O.O=Cc1c(O)cc(O)cc1O. The minimum atomic E-state index is -0.433. The number of aldehydes is 2. The normalized spacial score (nSPS) is 9.55. The Balaban J connectivity index is 0.000000220.